The van der Waals surface area contributed by atoms with Gasteiger partial charge in [-0.2, -0.15) is 0 Å². The summed E-state index contributed by atoms with van der Waals surface area (Å²) in [5.41, 5.74) is 0. The molecule has 1 rings (SSSR count). The molecular weight excluding hydrogens is 366 g/mol. The summed E-state index contributed by atoms with van der Waals surface area (Å²) in [6.45, 7) is 10.6. The number of rotatable bonds is 16. The summed E-state index contributed by atoms with van der Waals surface area (Å²) in [5, 5.41) is 1.92. The first-order valence-corrected chi connectivity index (χ1v) is 12.3. The Morgan fingerprint density at radius 3 is 1.93 bits per heavy atom. The van der Waals surface area contributed by atoms with Crippen LogP contribution >= 0.6 is 11.3 Å². The number of hydrogen-bond acceptors (Lipinski definition) is 3. The van der Waals surface area contributed by atoms with Gasteiger partial charge in [-0.05, 0) is 36.1 Å². The Morgan fingerprint density at radius 2 is 1.50 bits per heavy atom. The van der Waals surface area contributed by atoms with Crippen LogP contribution in [0.5, 0.6) is 0 Å². The molecule has 1 aromatic rings. The predicted octanol–water partition coefficient (Wildman–Crippen LogP) is 6.97. The highest BCUT2D eigenvalue weighted by Gasteiger charge is 2.22. The lowest BCUT2D eigenvalue weighted by Gasteiger charge is -2.31. The van der Waals surface area contributed by atoms with Gasteiger partial charge in [0.25, 0.3) is 0 Å². The molecule has 2 unspecified atom stereocenters. The first-order valence-electron chi connectivity index (χ1n) is 11.4. The first-order chi connectivity index (χ1) is 13.5. The number of Topliss-reactive ketones (excluding diaryl/α,β-unsaturated/α-hetero) is 1. The number of carbonyl (C=O) groups excluding carboxylic acids is 2. The molecule has 0 fully saturated rings. The third-order valence-electron chi connectivity index (χ3n) is 5.76. The molecule has 0 aliphatic carbocycles. The van der Waals surface area contributed by atoms with E-state index < -0.39 is 0 Å². The quantitative estimate of drug-likeness (QED) is 0.277. The molecule has 0 radical (unpaired) electrons. The van der Waals surface area contributed by atoms with Crippen molar-refractivity contribution in [2.75, 3.05) is 13.1 Å². The van der Waals surface area contributed by atoms with Crippen molar-refractivity contribution in [1.82, 2.24) is 4.90 Å². The minimum absolute atomic E-state index is 0.0966. The molecule has 4 heteroatoms. The van der Waals surface area contributed by atoms with Crippen molar-refractivity contribution in [3.05, 3.63) is 22.4 Å². The van der Waals surface area contributed by atoms with Gasteiger partial charge in [0.15, 0.2) is 5.78 Å². The molecule has 0 aliphatic rings. The summed E-state index contributed by atoms with van der Waals surface area (Å²) in [4.78, 5) is 28.2. The summed E-state index contributed by atoms with van der Waals surface area (Å²) in [6.07, 6.45) is 10.1. The van der Waals surface area contributed by atoms with E-state index >= 15 is 0 Å². The zero-order chi connectivity index (χ0) is 20.8. The third-order valence-corrected chi connectivity index (χ3v) is 6.67. The molecule has 0 N–H and O–H groups in total. The standard InChI is InChI=1S/C24H41NO2S/c1-5-9-12-20(7-3)18-25(19-21(8-4)13-10-6-2)24(27)16-15-22(26)23-14-11-17-28-23/h11,14,17,20-21H,5-10,12-13,15-16,18-19H2,1-4H3. The molecule has 1 aromatic heterocycles. The van der Waals surface area contributed by atoms with E-state index in [2.05, 4.69) is 32.6 Å². The Labute approximate surface area is 176 Å². The molecule has 160 valence electrons. The Kier molecular flexibility index (Phi) is 13.1. The van der Waals surface area contributed by atoms with E-state index in [0.717, 1.165) is 30.8 Å². The molecule has 1 amide bonds. The van der Waals surface area contributed by atoms with Crippen molar-refractivity contribution in [2.24, 2.45) is 11.8 Å². The molecule has 0 bridgehead atoms. The second kappa shape index (κ2) is 14.8. The van der Waals surface area contributed by atoms with Crippen LogP contribution in [0, 0.1) is 11.8 Å². The van der Waals surface area contributed by atoms with Gasteiger partial charge < -0.3 is 4.90 Å². The lowest BCUT2D eigenvalue weighted by molar-refractivity contribution is -0.132. The maximum absolute atomic E-state index is 13.0. The largest absolute Gasteiger partial charge is 0.342 e. The van der Waals surface area contributed by atoms with Crippen LogP contribution < -0.4 is 0 Å². The molecule has 0 saturated heterocycles. The molecule has 0 spiro atoms. The van der Waals surface area contributed by atoms with Gasteiger partial charge in [0.2, 0.25) is 5.91 Å². The topological polar surface area (TPSA) is 37.4 Å². The van der Waals surface area contributed by atoms with Crippen molar-refractivity contribution in [3.8, 4) is 0 Å². The number of unbranched alkanes of at least 4 members (excludes halogenated alkanes) is 2. The molecule has 3 nitrogen and oxygen atoms in total. The van der Waals surface area contributed by atoms with Gasteiger partial charge in [0.05, 0.1) is 4.88 Å². The molecule has 0 aromatic carbocycles. The van der Waals surface area contributed by atoms with Gasteiger partial charge in [0, 0.05) is 25.9 Å². The highest BCUT2D eigenvalue weighted by Crippen LogP contribution is 2.20. The van der Waals surface area contributed by atoms with Crippen LogP contribution in [0.3, 0.4) is 0 Å². The van der Waals surface area contributed by atoms with Gasteiger partial charge >= 0.3 is 0 Å². The maximum atomic E-state index is 13.0. The van der Waals surface area contributed by atoms with Crippen molar-refractivity contribution >= 4 is 23.0 Å². The lowest BCUT2D eigenvalue weighted by Crippen LogP contribution is -2.39. The average Bonchev–Trinajstić information content (AvgIpc) is 3.25. The van der Waals surface area contributed by atoms with Crippen LogP contribution in [-0.2, 0) is 4.79 Å². The second-order valence-electron chi connectivity index (χ2n) is 8.03. The van der Waals surface area contributed by atoms with Crippen LogP contribution in [0.25, 0.3) is 0 Å². The number of hydrogen-bond donors (Lipinski definition) is 0. The van der Waals surface area contributed by atoms with Gasteiger partial charge in [-0.25, -0.2) is 0 Å². The summed E-state index contributed by atoms with van der Waals surface area (Å²) in [6, 6.07) is 3.75. The van der Waals surface area contributed by atoms with Crippen LogP contribution in [0.2, 0.25) is 0 Å². The van der Waals surface area contributed by atoms with Gasteiger partial charge in [-0.3, -0.25) is 9.59 Å². The summed E-state index contributed by atoms with van der Waals surface area (Å²) < 4.78 is 0. The first kappa shape index (κ1) is 24.9. The predicted molar refractivity (Wildman–Crippen MR) is 121 cm³/mol. The second-order valence-corrected chi connectivity index (χ2v) is 8.98. The van der Waals surface area contributed by atoms with Gasteiger partial charge in [0.1, 0.15) is 0 Å². The fraction of sp³-hybridized carbons (Fsp3) is 0.750. The summed E-state index contributed by atoms with van der Waals surface area (Å²) >= 11 is 1.46. The zero-order valence-corrected chi connectivity index (χ0v) is 19.4. The van der Waals surface area contributed by atoms with E-state index in [1.165, 1.54) is 49.9 Å². The van der Waals surface area contributed by atoms with E-state index in [1.807, 2.05) is 17.5 Å². The smallest absolute Gasteiger partial charge is 0.223 e. The fourth-order valence-corrected chi connectivity index (χ4v) is 4.37. The van der Waals surface area contributed by atoms with Crippen molar-refractivity contribution in [2.45, 2.75) is 91.9 Å². The van der Waals surface area contributed by atoms with Crippen molar-refractivity contribution < 1.29 is 9.59 Å². The molecule has 0 aliphatic heterocycles. The Bertz CT molecular complexity index is 523. The normalized spacial score (nSPS) is 13.3. The number of amides is 1. The molecular formula is C24H41NO2S. The highest BCUT2D eigenvalue weighted by atomic mass is 32.1. The van der Waals surface area contributed by atoms with E-state index in [4.69, 9.17) is 0 Å². The number of carbonyl (C=O) groups is 2. The van der Waals surface area contributed by atoms with Crippen LogP contribution in [0.1, 0.15) is 102 Å². The molecule has 2 atom stereocenters. The van der Waals surface area contributed by atoms with Crippen LogP contribution in [0.4, 0.5) is 0 Å². The highest BCUT2D eigenvalue weighted by molar-refractivity contribution is 7.12. The van der Waals surface area contributed by atoms with Crippen molar-refractivity contribution in [1.29, 1.82) is 0 Å². The van der Waals surface area contributed by atoms with E-state index in [1.54, 1.807) is 0 Å². The molecule has 28 heavy (non-hydrogen) atoms. The Hall–Kier alpha value is -1.16. The van der Waals surface area contributed by atoms with Crippen LogP contribution in [0.15, 0.2) is 17.5 Å². The lowest BCUT2D eigenvalue weighted by atomic mass is 9.95. The minimum Gasteiger partial charge on any atom is -0.342 e. The summed E-state index contributed by atoms with van der Waals surface area (Å²) in [5.74, 6) is 1.40. The Balaban J connectivity index is 2.72. The number of thiophene rings is 1. The van der Waals surface area contributed by atoms with Crippen LogP contribution in [-0.4, -0.2) is 29.7 Å². The number of nitrogens with zero attached hydrogens (tertiary/aromatic N) is 1. The van der Waals surface area contributed by atoms with Gasteiger partial charge in [-0.15, -0.1) is 11.3 Å². The van der Waals surface area contributed by atoms with Crippen molar-refractivity contribution in [3.63, 3.8) is 0 Å². The van der Waals surface area contributed by atoms with E-state index in [-0.39, 0.29) is 11.7 Å². The SMILES string of the molecule is CCCCC(CC)CN(CC(CC)CCCC)C(=O)CCC(=O)c1cccs1. The molecule has 1 heterocycles. The summed E-state index contributed by atoms with van der Waals surface area (Å²) in [7, 11) is 0. The maximum Gasteiger partial charge on any atom is 0.223 e. The van der Waals surface area contributed by atoms with E-state index in [0.29, 0.717) is 24.7 Å². The number of ketones is 1. The molecule has 0 saturated carbocycles. The Morgan fingerprint density at radius 1 is 0.929 bits per heavy atom. The fourth-order valence-electron chi connectivity index (χ4n) is 3.68. The average molecular weight is 408 g/mol. The monoisotopic (exact) mass is 407 g/mol. The van der Waals surface area contributed by atoms with E-state index in [9.17, 15) is 9.59 Å². The minimum atomic E-state index is 0.0966. The third kappa shape index (κ3) is 9.36. The zero-order valence-electron chi connectivity index (χ0n) is 18.5. The van der Waals surface area contributed by atoms with Gasteiger partial charge in [-0.1, -0.05) is 72.3 Å².